The first kappa shape index (κ1) is 21.5. The van der Waals surface area contributed by atoms with Crippen LogP contribution < -0.4 is 10.5 Å². The van der Waals surface area contributed by atoms with E-state index in [-0.39, 0.29) is 33.7 Å². The molecule has 0 radical (unpaired) electrons. The molecule has 0 aliphatic carbocycles. The zero-order valence-corrected chi connectivity index (χ0v) is 17.8. The van der Waals surface area contributed by atoms with Crippen LogP contribution in [0.15, 0.2) is 67.1 Å². The van der Waals surface area contributed by atoms with Gasteiger partial charge >= 0.3 is 6.18 Å². The number of nitrogens with zero attached hydrogens (tertiary/aromatic N) is 5. The molecule has 0 saturated heterocycles. The van der Waals surface area contributed by atoms with Crippen LogP contribution in [0, 0.1) is 12.1 Å². The maximum absolute atomic E-state index is 14.6. The molecule has 0 saturated carbocycles. The fourth-order valence-corrected chi connectivity index (χ4v) is 4.01. The molecule has 0 unspecified atom stereocenters. The third-order valence-electron chi connectivity index (χ3n) is 5.52. The number of fused-ring (bicyclic) bond motifs is 2. The summed E-state index contributed by atoms with van der Waals surface area (Å²) in [4.78, 5) is 16.8. The number of benzene rings is 1. The smallest absolute Gasteiger partial charge is 0.402 e. The molecule has 4 heterocycles. The maximum Gasteiger partial charge on any atom is 0.402 e. The van der Waals surface area contributed by atoms with Crippen LogP contribution in [0.25, 0.3) is 33.2 Å². The normalized spacial score (nSPS) is 12.8. The number of aromatic nitrogens is 5. The van der Waals surface area contributed by atoms with Crippen molar-refractivity contribution in [1.82, 2.24) is 19.9 Å². The average molecular weight is 462 g/mol. The molecule has 1 aromatic carbocycles. The van der Waals surface area contributed by atoms with E-state index < -0.39 is 17.9 Å². The van der Waals surface area contributed by atoms with Gasteiger partial charge in [0.25, 0.3) is 0 Å². The SMILES string of the molecule is Cc1cccc2cc([C@H](c3nc(N)c4ncccc4n3)C(F)(F)F)c(-c3ccc[n+]([O-])c3)nc12. The zero-order chi connectivity index (χ0) is 24.0. The van der Waals surface area contributed by atoms with Crippen molar-refractivity contribution in [3.63, 3.8) is 0 Å². The minimum atomic E-state index is -4.78. The summed E-state index contributed by atoms with van der Waals surface area (Å²) in [5.41, 5.74) is 7.77. The summed E-state index contributed by atoms with van der Waals surface area (Å²) in [5, 5.41) is 12.5. The van der Waals surface area contributed by atoms with Crippen LogP contribution >= 0.6 is 0 Å². The Morgan fingerprint density at radius 1 is 1.00 bits per heavy atom. The van der Waals surface area contributed by atoms with Crippen molar-refractivity contribution in [2.24, 2.45) is 0 Å². The quantitative estimate of drug-likeness (QED) is 0.314. The lowest BCUT2D eigenvalue weighted by molar-refractivity contribution is -0.604. The van der Waals surface area contributed by atoms with Gasteiger partial charge in [0.1, 0.15) is 17.3 Å². The third-order valence-corrected chi connectivity index (χ3v) is 5.52. The van der Waals surface area contributed by atoms with E-state index in [2.05, 4.69) is 19.9 Å². The highest BCUT2D eigenvalue weighted by molar-refractivity contribution is 5.87. The van der Waals surface area contributed by atoms with Crippen molar-refractivity contribution in [3.8, 4) is 11.3 Å². The number of hydrogen-bond donors (Lipinski definition) is 1. The van der Waals surface area contributed by atoms with Gasteiger partial charge in [0, 0.05) is 17.6 Å². The number of nitrogens with two attached hydrogens (primary N) is 1. The van der Waals surface area contributed by atoms with E-state index >= 15 is 0 Å². The van der Waals surface area contributed by atoms with Crippen molar-refractivity contribution in [1.29, 1.82) is 0 Å². The Hall–Kier alpha value is -4.34. The second-order valence-corrected chi connectivity index (χ2v) is 7.84. The molecule has 0 aliphatic rings. The number of alkyl halides is 3. The standard InChI is InChI=1S/C24H17F3N6O/c1-13-5-2-6-14-11-16(20(31-19(13)14)15-7-4-10-33(34)12-15)18(24(25,26)27)23-30-17-8-3-9-29-21(17)22(28)32-23/h2-12,18H,1H3,(H2,28,30,32)/t18-/m1/s1. The highest BCUT2D eigenvalue weighted by Crippen LogP contribution is 2.43. The van der Waals surface area contributed by atoms with E-state index in [1.165, 1.54) is 42.9 Å². The molecule has 0 bridgehead atoms. The number of rotatable bonds is 3. The highest BCUT2D eigenvalue weighted by Gasteiger charge is 2.46. The van der Waals surface area contributed by atoms with Crippen LogP contribution in [0.2, 0.25) is 0 Å². The zero-order valence-electron chi connectivity index (χ0n) is 17.8. The minimum absolute atomic E-state index is 0.0165. The molecule has 5 aromatic rings. The largest absolute Gasteiger partial charge is 0.619 e. The maximum atomic E-state index is 14.6. The lowest BCUT2D eigenvalue weighted by Gasteiger charge is -2.23. The van der Waals surface area contributed by atoms with Crippen molar-refractivity contribution in [2.45, 2.75) is 19.0 Å². The van der Waals surface area contributed by atoms with Gasteiger partial charge in [0.15, 0.2) is 18.2 Å². The van der Waals surface area contributed by atoms with Gasteiger partial charge in [0.2, 0.25) is 0 Å². The first-order chi connectivity index (χ1) is 16.2. The third kappa shape index (κ3) is 3.72. The van der Waals surface area contributed by atoms with E-state index in [0.717, 1.165) is 5.56 Å². The first-order valence-electron chi connectivity index (χ1n) is 10.3. The molecule has 4 aromatic heterocycles. The second-order valence-electron chi connectivity index (χ2n) is 7.84. The molecule has 5 rings (SSSR count). The average Bonchev–Trinajstić information content (AvgIpc) is 2.78. The molecule has 0 fully saturated rings. The molecule has 0 amide bonds. The predicted molar refractivity (Wildman–Crippen MR) is 121 cm³/mol. The van der Waals surface area contributed by atoms with Crippen LogP contribution in [0.1, 0.15) is 22.9 Å². The van der Waals surface area contributed by atoms with E-state index in [1.807, 2.05) is 13.0 Å². The Balaban J connectivity index is 1.85. The van der Waals surface area contributed by atoms with Gasteiger partial charge in [-0.15, -0.1) is 0 Å². The van der Waals surface area contributed by atoms with Crippen molar-refractivity contribution < 1.29 is 17.9 Å². The van der Waals surface area contributed by atoms with Crippen LogP contribution in [0.4, 0.5) is 19.0 Å². The second kappa shape index (κ2) is 7.91. The Kier molecular flexibility index (Phi) is 5.00. The number of nitrogen functional groups attached to an aromatic ring is 1. The molecule has 7 nitrogen and oxygen atoms in total. The summed E-state index contributed by atoms with van der Waals surface area (Å²) in [6.45, 7) is 1.82. The molecule has 0 spiro atoms. The topological polar surface area (TPSA) is 105 Å². The summed E-state index contributed by atoms with van der Waals surface area (Å²) in [6.07, 6.45) is -0.886. The Morgan fingerprint density at radius 2 is 1.82 bits per heavy atom. The predicted octanol–water partition coefficient (Wildman–Crippen LogP) is 4.46. The van der Waals surface area contributed by atoms with Gasteiger partial charge < -0.3 is 10.9 Å². The van der Waals surface area contributed by atoms with E-state index in [4.69, 9.17) is 5.73 Å². The van der Waals surface area contributed by atoms with Gasteiger partial charge in [0.05, 0.1) is 22.3 Å². The van der Waals surface area contributed by atoms with Crippen molar-refractivity contribution in [2.75, 3.05) is 5.73 Å². The van der Waals surface area contributed by atoms with E-state index in [9.17, 15) is 18.4 Å². The van der Waals surface area contributed by atoms with Gasteiger partial charge in [-0.25, -0.2) is 15.0 Å². The Morgan fingerprint density at radius 3 is 2.59 bits per heavy atom. The molecule has 1 atom stereocenters. The lowest BCUT2D eigenvalue weighted by Crippen LogP contribution is -2.27. The molecule has 10 heteroatoms. The molecule has 0 aliphatic heterocycles. The number of halogens is 3. The fraction of sp³-hybridized carbons (Fsp3) is 0.125. The molecule has 34 heavy (non-hydrogen) atoms. The summed E-state index contributed by atoms with van der Waals surface area (Å²) in [5.74, 6) is -2.92. The Labute approximate surface area is 191 Å². The number of anilines is 1. The van der Waals surface area contributed by atoms with Crippen molar-refractivity contribution >= 4 is 27.8 Å². The molecular weight excluding hydrogens is 445 g/mol. The number of hydrogen-bond acceptors (Lipinski definition) is 6. The van der Waals surface area contributed by atoms with Crippen molar-refractivity contribution in [3.05, 3.63) is 89.3 Å². The first-order valence-corrected chi connectivity index (χ1v) is 10.3. The fourth-order valence-electron chi connectivity index (χ4n) is 4.01. The number of aryl methyl sites for hydroxylation is 1. The Bertz CT molecular complexity index is 1550. The number of para-hydroxylation sites is 1. The van der Waals surface area contributed by atoms with Gasteiger partial charge in [-0.2, -0.15) is 17.9 Å². The van der Waals surface area contributed by atoms with Gasteiger partial charge in [-0.3, -0.25) is 4.98 Å². The van der Waals surface area contributed by atoms with E-state index in [1.54, 1.807) is 18.2 Å². The lowest BCUT2D eigenvalue weighted by atomic mass is 9.91. The van der Waals surface area contributed by atoms with Gasteiger partial charge in [-0.1, -0.05) is 18.2 Å². The summed E-state index contributed by atoms with van der Waals surface area (Å²) >= 11 is 0. The molecule has 2 N–H and O–H groups in total. The minimum Gasteiger partial charge on any atom is -0.619 e. The summed E-state index contributed by atoms with van der Waals surface area (Å²) < 4.78 is 44.5. The van der Waals surface area contributed by atoms with Crippen LogP contribution in [-0.4, -0.2) is 26.1 Å². The van der Waals surface area contributed by atoms with Crippen LogP contribution in [0.3, 0.4) is 0 Å². The highest BCUT2D eigenvalue weighted by atomic mass is 19.4. The van der Waals surface area contributed by atoms with Crippen LogP contribution in [0.5, 0.6) is 0 Å². The molecule has 170 valence electrons. The number of pyridine rings is 3. The van der Waals surface area contributed by atoms with E-state index in [0.29, 0.717) is 15.6 Å². The van der Waals surface area contributed by atoms with Crippen LogP contribution in [-0.2, 0) is 0 Å². The summed E-state index contributed by atoms with van der Waals surface area (Å²) in [6, 6.07) is 12.8. The monoisotopic (exact) mass is 462 g/mol. The summed E-state index contributed by atoms with van der Waals surface area (Å²) in [7, 11) is 0. The molecular formula is C24H17F3N6O. The van der Waals surface area contributed by atoms with Gasteiger partial charge in [-0.05, 0) is 42.3 Å².